The lowest BCUT2D eigenvalue weighted by molar-refractivity contribution is -0.143. The van der Waals surface area contributed by atoms with E-state index in [4.69, 9.17) is 4.84 Å². The number of unbranched alkanes of at least 4 members (excludes halogenated alkanes) is 2. The molecule has 92 valence electrons. The average molecular weight is 225 g/mol. The van der Waals surface area contributed by atoms with Crippen molar-refractivity contribution >= 4 is 11.7 Å². The highest BCUT2D eigenvalue weighted by Gasteiger charge is 2.07. The Morgan fingerprint density at radius 2 is 1.88 bits per heavy atom. The maximum atomic E-state index is 11.3. The monoisotopic (exact) mass is 225 g/mol. The Balaban J connectivity index is 2.19. The molecule has 0 bridgehead atoms. The molecule has 0 spiro atoms. The van der Waals surface area contributed by atoms with Crippen molar-refractivity contribution in [3.05, 3.63) is 0 Å². The van der Waals surface area contributed by atoms with Crippen LogP contribution >= 0.6 is 0 Å². The first-order valence-corrected chi connectivity index (χ1v) is 6.58. The number of rotatable bonds is 5. The van der Waals surface area contributed by atoms with Crippen molar-refractivity contribution in [3.8, 4) is 0 Å². The average Bonchev–Trinajstić information content (AvgIpc) is 2.55. The van der Waals surface area contributed by atoms with E-state index in [1.807, 2.05) is 0 Å². The van der Waals surface area contributed by atoms with Crippen LogP contribution in [0.1, 0.15) is 71.1 Å². The molecule has 3 heteroatoms. The molecule has 1 rings (SSSR count). The van der Waals surface area contributed by atoms with Crippen LogP contribution in [0, 0.1) is 0 Å². The molecule has 0 aromatic carbocycles. The quantitative estimate of drug-likeness (QED) is 0.309. The Hall–Kier alpha value is -0.860. The maximum absolute atomic E-state index is 11.3. The van der Waals surface area contributed by atoms with Gasteiger partial charge >= 0.3 is 5.97 Å². The molecule has 0 amide bonds. The van der Waals surface area contributed by atoms with Gasteiger partial charge in [-0.15, -0.1) is 0 Å². The maximum Gasteiger partial charge on any atom is 0.335 e. The molecule has 1 fully saturated rings. The molecule has 0 radical (unpaired) electrons. The van der Waals surface area contributed by atoms with Crippen LogP contribution in [0.25, 0.3) is 0 Å². The zero-order chi connectivity index (χ0) is 11.6. The predicted molar refractivity (Wildman–Crippen MR) is 65.4 cm³/mol. The van der Waals surface area contributed by atoms with Gasteiger partial charge < -0.3 is 4.84 Å². The zero-order valence-corrected chi connectivity index (χ0v) is 10.3. The molecule has 0 atom stereocenters. The van der Waals surface area contributed by atoms with Gasteiger partial charge in [-0.1, -0.05) is 37.8 Å². The first-order chi connectivity index (χ1) is 7.83. The third-order valence-electron chi connectivity index (χ3n) is 2.94. The van der Waals surface area contributed by atoms with Crippen LogP contribution in [0.5, 0.6) is 0 Å². The molecule has 0 aliphatic heterocycles. The van der Waals surface area contributed by atoms with Gasteiger partial charge in [0.25, 0.3) is 0 Å². The van der Waals surface area contributed by atoms with Gasteiger partial charge in [-0.3, -0.25) is 0 Å². The van der Waals surface area contributed by atoms with E-state index in [0.717, 1.165) is 37.8 Å². The summed E-state index contributed by atoms with van der Waals surface area (Å²) in [6, 6.07) is 0. The summed E-state index contributed by atoms with van der Waals surface area (Å²) < 4.78 is 0. The standard InChI is InChI=1S/C13H23NO2/c1-2-3-6-11-13(15)16-14-12-9-7-4-5-8-10-12/h2-11H2,1H3. The number of hydrogen-bond acceptors (Lipinski definition) is 3. The summed E-state index contributed by atoms with van der Waals surface area (Å²) in [4.78, 5) is 16.2. The summed E-state index contributed by atoms with van der Waals surface area (Å²) in [6.45, 7) is 2.12. The molecule has 0 unspecified atom stereocenters. The van der Waals surface area contributed by atoms with Crippen molar-refractivity contribution in [3.63, 3.8) is 0 Å². The van der Waals surface area contributed by atoms with Gasteiger partial charge in [0.15, 0.2) is 0 Å². The van der Waals surface area contributed by atoms with E-state index in [2.05, 4.69) is 12.1 Å². The number of oxime groups is 1. The zero-order valence-electron chi connectivity index (χ0n) is 10.3. The van der Waals surface area contributed by atoms with Gasteiger partial charge in [0.1, 0.15) is 0 Å². The van der Waals surface area contributed by atoms with Crippen LogP contribution in [0.15, 0.2) is 5.16 Å². The fourth-order valence-electron chi connectivity index (χ4n) is 1.91. The van der Waals surface area contributed by atoms with Gasteiger partial charge in [-0.25, -0.2) is 4.79 Å². The second-order valence-corrected chi connectivity index (χ2v) is 4.49. The molecular formula is C13H23NO2. The summed E-state index contributed by atoms with van der Waals surface area (Å²) in [5.41, 5.74) is 1.07. The first-order valence-electron chi connectivity index (χ1n) is 6.58. The lowest BCUT2D eigenvalue weighted by Gasteiger charge is -2.01. The van der Waals surface area contributed by atoms with Crippen molar-refractivity contribution in [2.45, 2.75) is 71.1 Å². The Bertz CT molecular complexity index is 226. The highest BCUT2D eigenvalue weighted by molar-refractivity contribution is 5.84. The van der Waals surface area contributed by atoms with E-state index >= 15 is 0 Å². The topological polar surface area (TPSA) is 38.7 Å². The highest BCUT2D eigenvalue weighted by atomic mass is 16.7. The molecule has 0 aromatic heterocycles. The van der Waals surface area contributed by atoms with Crippen molar-refractivity contribution in [2.24, 2.45) is 5.16 Å². The van der Waals surface area contributed by atoms with E-state index in [0.29, 0.717) is 6.42 Å². The van der Waals surface area contributed by atoms with Crippen molar-refractivity contribution in [2.75, 3.05) is 0 Å². The fraction of sp³-hybridized carbons (Fsp3) is 0.846. The van der Waals surface area contributed by atoms with E-state index in [1.165, 1.54) is 25.7 Å². The summed E-state index contributed by atoms with van der Waals surface area (Å²) in [7, 11) is 0. The van der Waals surface area contributed by atoms with Gasteiger partial charge in [0, 0.05) is 6.42 Å². The van der Waals surface area contributed by atoms with Crippen LogP contribution in [0.4, 0.5) is 0 Å². The second-order valence-electron chi connectivity index (χ2n) is 4.49. The molecule has 1 aliphatic rings. The smallest absolute Gasteiger partial charge is 0.318 e. The van der Waals surface area contributed by atoms with Crippen molar-refractivity contribution in [1.29, 1.82) is 0 Å². The lowest BCUT2D eigenvalue weighted by Crippen LogP contribution is -2.03. The van der Waals surface area contributed by atoms with Crippen LogP contribution in [0.2, 0.25) is 0 Å². The Morgan fingerprint density at radius 3 is 2.50 bits per heavy atom. The third-order valence-corrected chi connectivity index (χ3v) is 2.94. The second kappa shape index (κ2) is 8.31. The first kappa shape index (κ1) is 13.2. The summed E-state index contributed by atoms with van der Waals surface area (Å²) >= 11 is 0. The fourth-order valence-corrected chi connectivity index (χ4v) is 1.91. The van der Waals surface area contributed by atoms with E-state index in [9.17, 15) is 4.79 Å². The SMILES string of the molecule is CCCCCC(=O)ON=C1CCCCCC1. The third kappa shape index (κ3) is 5.89. The lowest BCUT2D eigenvalue weighted by atomic mass is 10.2. The summed E-state index contributed by atoms with van der Waals surface area (Å²) in [6.07, 6.45) is 10.6. The van der Waals surface area contributed by atoms with E-state index in [1.54, 1.807) is 0 Å². The van der Waals surface area contributed by atoms with E-state index < -0.39 is 0 Å². The molecule has 1 saturated carbocycles. The molecule has 1 aliphatic carbocycles. The van der Waals surface area contributed by atoms with Crippen molar-refractivity contribution in [1.82, 2.24) is 0 Å². The Kier molecular flexibility index (Phi) is 6.86. The largest absolute Gasteiger partial charge is 0.335 e. The minimum atomic E-state index is -0.176. The van der Waals surface area contributed by atoms with Crippen LogP contribution < -0.4 is 0 Å². The highest BCUT2D eigenvalue weighted by Crippen LogP contribution is 2.15. The molecule has 0 saturated heterocycles. The molecule has 16 heavy (non-hydrogen) atoms. The Labute approximate surface area is 98.2 Å². The molecule has 0 heterocycles. The number of carbonyl (C=O) groups excluding carboxylic acids is 1. The molecule has 3 nitrogen and oxygen atoms in total. The minimum Gasteiger partial charge on any atom is -0.318 e. The van der Waals surface area contributed by atoms with Crippen LogP contribution in [0.3, 0.4) is 0 Å². The molecule has 0 N–H and O–H groups in total. The molecule has 0 aromatic rings. The van der Waals surface area contributed by atoms with Gasteiger partial charge in [-0.2, -0.15) is 0 Å². The Morgan fingerprint density at radius 1 is 1.19 bits per heavy atom. The minimum absolute atomic E-state index is 0.176. The van der Waals surface area contributed by atoms with Crippen molar-refractivity contribution < 1.29 is 9.63 Å². The summed E-state index contributed by atoms with van der Waals surface area (Å²) in [5, 5.41) is 3.99. The molecular weight excluding hydrogens is 202 g/mol. The van der Waals surface area contributed by atoms with Crippen LogP contribution in [-0.2, 0) is 9.63 Å². The summed E-state index contributed by atoms with van der Waals surface area (Å²) in [5.74, 6) is -0.176. The number of carbonyl (C=O) groups is 1. The van der Waals surface area contributed by atoms with Crippen LogP contribution in [-0.4, -0.2) is 11.7 Å². The van der Waals surface area contributed by atoms with E-state index in [-0.39, 0.29) is 5.97 Å². The number of hydrogen-bond donors (Lipinski definition) is 0. The normalized spacial score (nSPS) is 16.7. The predicted octanol–water partition coefficient (Wildman–Crippen LogP) is 3.82. The van der Waals surface area contributed by atoms with Gasteiger partial charge in [0.2, 0.25) is 0 Å². The number of nitrogens with zero attached hydrogens (tertiary/aromatic N) is 1. The van der Waals surface area contributed by atoms with Gasteiger partial charge in [0.05, 0.1) is 5.71 Å². The van der Waals surface area contributed by atoms with Gasteiger partial charge in [-0.05, 0) is 32.1 Å².